The van der Waals surface area contributed by atoms with E-state index in [0.29, 0.717) is 5.46 Å². The summed E-state index contributed by atoms with van der Waals surface area (Å²) in [4.78, 5) is 11.4. The van der Waals surface area contributed by atoms with E-state index in [2.05, 4.69) is 5.32 Å². The lowest BCUT2D eigenvalue weighted by atomic mass is 9.83. The predicted octanol–water partition coefficient (Wildman–Crippen LogP) is 0.572. The molecule has 17 heavy (non-hydrogen) atoms. The van der Waals surface area contributed by atoms with Crippen molar-refractivity contribution in [2.75, 3.05) is 7.05 Å². The lowest BCUT2D eigenvalue weighted by Crippen LogP contribution is -2.24. The van der Waals surface area contributed by atoms with Gasteiger partial charge in [-0.05, 0) is 17.1 Å². The summed E-state index contributed by atoms with van der Waals surface area (Å²) in [6.07, 6.45) is -4.47. The molecule has 0 radical (unpaired) electrons. The topological polar surface area (TPSA) is 38.3 Å². The minimum absolute atomic E-state index is 0.00377. The van der Waals surface area contributed by atoms with Crippen molar-refractivity contribution in [3.05, 3.63) is 28.8 Å². The highest BCUT2D eigenvalue weighted by atomic mass is 19.4. The largest absolute Gasteiger partial charge is 0.430 e. The Morgan fingerprint density at radius 1 is 1.47 bits per heavy atom. The van der Waals surface area contributed by atoms with E-state index in [1.54, 1.807) is 0 Å². The highest BCUT2D eigenvalue weighted by Crippen LogP contribution is 2.33. The highest BCUT2D eigenvalue weighted by molar-refractivity contribution is 6.49. The third-order valence-corrected chi connectivity index (χ3v) is 2.64. The van der Waals surface area contributed by atoms with Crippen LogP contribution < -0.4 is 10.8 Å². The molecule has 1 heterocycles. The molecule has 0 spiro atoms. The van der Waals surface area contributed by atoms with Crippen LogP contribution in [0.4, 0.5) is 13.2 Å². The maximum Gasteiger partial charge on any atom is 0.416 e. The smallest absolute Gasteiger partial charge is 0.416 e. The summed E-state index contributed by atoms with van der Waals surface area (Å²) in [5, 5.41) is 2.30. The number of hydrogen-bond acceptors (Lipinski definition) is 2. The van der Waals surface area contributed by atoms with Crippen molar-refractivity contribution in [3.8, 4) is 0 Å². The van der Waals surface area contributed by atoms with Gasteiger partial charge in [-0.3, -0.25) is 4.79 Å². The molecule has 1 aliphatic rings. The molecule has 1 amide bonds. The molecule has 0 atom stereocenters. The number of rotatable bonds is 1. The second-order valence-corrected chi connectivity index (χ2v) is 3.73. The fraction of sp³-hybridized carbons (Fsp3) is 0.300. The average molecular weight is 243 g/mol. The van der Waals surface area contributed by atoms with Gasteiger partial charge in [0, 0.05) is 12.6 Å². The average Bonchev–Trinajstić information content (AvgIpc) is 2.72. The van der Waals surface area contributed by atoms with E-state index < -0.39 is 17.6 Å². The summed E-state index contributed by atoms with van der Waals surface area (Å²) in [6.45, 7) is -0.0573. The van der Waals surface area contributed by atoms with Gasteiger partial charge < -0.3 is 9.97 Å². The summed E-state index contributed by atoms with van der Waals surface area (Å²) in [7, 11) is 1.49. The number of carbonyl (C=O) groups is 1. The number of amides is 1. The van der Waals surface area contributed by atoms with Crippen LogP contribution in [0.3, 0.4) is 0 Å². The van der Waals surface area contributed by atoms with Gasteiger partial charge in [-0.25, -0.2) is 0 Å². The van der Waals surface area contributed by atoms with Gasteiger partial charge >= 0.3 is 13.7 Å². The third kappa shape index (κ3) is 2.15. The quantitative estimate of drug-likeness (QED) is 0.732. The van der Waals surface area contributed by atoms with Gasteiger partial charge in [-0.15, -0.1) is 0 Å². The Balaban J connectivity index is 2.58. The first-order valence-corrected chi connectivity index (χ1v) is 4.96. The molecule has 2 rings (SSSR count). The van der Waals surface area contributed by atoms with Crippen molar-refractivity contribution < 1.29 is 22.6 Å². The van der Waals surface area contributed by atoms with E-state index in [9.17, 15) is 18.0 Å². The molecule has 0 aromatic heterocycles. The second kappa shape index (κ2) is 4.07. The molecule has 0 unspecified atom stereocenters. The van der Waals surface area contributed by atoms with Crippen LogP contribution in [0.5, 0.6) is 0 Å². The normalized spacial score (nSPS) is 14.1. The Hall–Kier alpha value is -1.50. The van der Waals surface area contributed by atoms with Crippen molar-refractivity contribution in [2.45, 2.75) is 12.8 Å². The molecular formula is C10H9BF3NO2. The van der Waals surface area contributed by atoms with E-state index in [1.807, 2.05) is 0 Å². The Morgan fingerprint density at radius 3 is 2.76 bits per heavy atom. The molecule has 3 nitrogen and oxygen atoms in total. The second-order valence-electron chi connectivity index (χ2n) is 3.73. The Bertz CT molecular complexity index is 473. The summed E-state index contributed by atoms with van der Waals surface area (Å²) in [5.41, 5.74) is -0.223. The van der Waals surface area contributed by atoms with Gasteiger partial charge in [0.1, 0.15) is 0 Å². The van der Waals surface area contributed by atoms with E-state index in [0.717, 1.165) is 6.07 Å². The standard InChI is InChI=1S/C10H9BF3NO2/c1-15-9(16)5-2-7(10(12,13)14)6-4-17-11-8(6)3-5/h2-3,11H,4H2,1H3,(H,15,16). The van der Waals surface area contributed by atoms with Crippen molar-refractivity contribution in [1.82, 2.24) is 5.32 Å². The third-order valence-electron chi connectivity index (χ3n) is 2.64. The molecule has 0 saturated carbocycles. The minimum atomic E-state index is -4.47. The minimum Gasteiger partial charge on any atom is -0.430 e. The van der Waals surface area contributed by atoms with Gasteiger partial charge in [0.2, 0.25) is 0 Å². The van der Waals surface area contributed by atoms with Crippen molar-refractivity contribution in [2.24, 2.45) is 0 Å². The SMILES string of the molecule is CNC(=O)c1cc2c(c(C(F)(F)F)c1)COB2. The molecule has 0 aliphatic carbocycles. The molecule has 0 bridgehead atoms. The molecule has 0 fully saturated rings. The van der Waals surface area contributed by atoms with E-state index in [1.165, 1.54) is 13.1 Å². The molecule has 1 aromatic carbocycles. The summed E-state index contributed by atoms with van der Waals surface area (Å²) >= 11 is 0. The van der Waals surface area contributed by atoms with Crippen molar-refractivity contribution >= 4 is 18.9 Å². The Labute approximate surface area is 96.2 Å². The number of nitrogens with one attached hydrogen (secondary N) is 1. The van der Waals surface area contributed by atoms with Crippen LogP contribution in [0.1, 0.15) is 21.5 Å². The summed E-state index contributed by atoms with van der Waals surface area (Å²) in [6, 6.07) is 2.31. The number of fused-ring (bicyclic) bond motifs is 1. The number of halogens is 3. The number of carbonyl (C=O) groups excluding carboxylic acids is 1. The van der Waals surface area contributed by atoms with Crippen LogP contribution in [-0.2, 0) is 17.4 Å². The van der Waals surface area contributed by atoms with Crippen LogP contribution in [0, 0.1) is 0 Å². The first kappa shape index (κ1) is 12.0. The lowest BCUT2D eigenvalue weighted by molar-refractivity contribution is -0.138. The Morgan fingerprint density at radius 2 is 2.18 bits per heavy atom. The van der Waals surface area contributed by atoms with Gasteiger partial charge in [0.05, 0.1) is 12.2 Å². The number of hydrogen-bond donors (Lipinski definition) is 1. The van der Waals surface area contributed by atoms with Crippen LogP contribution in [0.2, 0.25) is 0 Å². The zero-order valence-electron chi connectivity index (χ0n) is 9.02. The van der Waals surface area contributed by atoms with Crippen LogP contribution in [-0.4, -0.2) is 20.4 Å². The molecule has 1 aromatic rings. The van der Waals surface area contributed by atoms with Gasteiger partial charge in [-0.1, -0.05) is 6.07 Å². The highest BCUT2D eigenvalue weighted by Gasteiger charge is 2.36. The molecule has 1 aliphatic heterocycles. The molecular weight excluding hydrogens is 234 g/mol. The monoisotopic (exact) mass is 243 g/mol. The van der Waals surface area contributed by atoms with Crippen LogP contribution >= 0.6 is 0 Å². The van der Waals surface area contributed by atoms with Crippen LogP contribution in [0.15, 0.2) is 12.1 Å². The van der Waals surface area contributed by atoms with Gasteiger partial charge in [0.15, 0.2) is 0 Å². The zero-order valence-corrected chi connectivity index (χ0v) is 9.02. The fourth-order valence-corrected chi connectivity index (χ4v) is 1.82. The van der Waals surface area contributed by atoms with Gasteiger partial charge in [-0.2, -0.15) is 13.2 Å². The maximum absolute atomic E-state index is 12.8. The first-order valence-electron chi connectivity index (χ1n) is 4.96. The molecule has 7 heteroatoms. The van der Waals surface area contributed by atoms with Crippen LogP contribution in [0.25, 0.3) is 0 Å². The maximum atomic E-state index is 12.8. The first-order chi connectivity index (χ1) is 7.93. The van der Waals surface area contributed by atoms with E-state index in [-0.39, 0.29) is 25.2 Å². The lowest BCUT2D eigenvalue weighted by Gasteiger charge is -2.13. The molecule has 1 N–H and O–H groups in total. The fourth-order valence-electron chi connectivity index (χ4n) is 1.82. The summed E-state index contributed by atoms with van der Waals surface area (Å²) in [5.74, 6) is -0.537. The number of benzene rings is 1. The summed E-state index contributed by atoms with van der Waals surface area (Å²) < 4.78 is 43.4. The molecule has 90 valence electrons. The van der Waals surface area contributed by atoms with E-state index in [4.69, 9.17) is 4.65 Å². The molecule has 0 saturated heterocycles. The zero-order chi connectivity index (χ0) is 12.6. The van der Waals surface area contributed by atoms with Gasteiger partial charge in [0.25, 0.3) is 5.91 Å². The Kier molecular flexibility index (Phi) is 2.86. The van der Waals surface area contributed by atoms with Crippen molar-refractivity contribution in [3.63, 3.8) is 0 Å². The van der Waals surface area contributed by atoms with E-state index >= 15 is 0 Å². The predicted molar refractivity (Wildman–Crippen MR) is 56.4 cm³/mol. The van der Waals surface area contributed by atoms with Crippen molar-refractivity contribution in [1.29, 1.82) is 0 Å². The number of alkyl halides is 3.